The molecule has 0 bridgehead atoms. The van der Waals surface area contributed by atoms with E-state index in [0.29, 0.717) is 21.2 Å². The number of hydrogen-bond donors (Lipinski definition) is 2. The van der Waals surface area contributed by atoms with Gasteiger partial charge in [0.15, 0.2) is 5.13 Å². The minimum Gasteiger partial charge on any atom is -0.355 e. The standard InChI is InChI=1S/C19H19ClN4O2S2/c1-10-7-11(20)8-12(16(25)21-2)15(10)22-17(26)13-9-14-18(27-13)23-19(28-14)24-5-3-4-6-24/h7-9H,3-6H2,1-2H3,(H,21,25)(H,22,26). The average Bonchev–Trinajstić information content (AvgIpc) is 3.38. The lowest BCUT2D eigenvalue weighted by molar-refractivity contribution is 0.0964. The second-order valence-electron chi connectivity index (χ2n) is 6.65. The van der Waals surface area contributed by atoms with Gasteiger partial charge in [0.25, 0.3) is 11.8 Å². The molecule has 4 rings (SSSR count). The highest BCUT2D eigenvalue weighted by Crippen LogP contribution is 2.36. The van der Waals surface area contributed by atoms with Crippen LogP contribution in [0.1, 0.15) is 38.4 Å². The highest BCUT2D eigenvalue weighted by atomic mass is 35.5. The quantitative estimate of drug-likeness (QED) is 0.632. The normalized spacial score (nSPS) is 13.9. The number of rotatable bonds is 4. The van der Waals surface area contributed by atoms with Crippen LogP contribution in [0, 0.1) is 6.92 Å². The Kier molecular flexibility index (Phi) is 5.27. The minimum atomic E-state index is -0.301. The molecule has 3 heterocycles. The maximum atomic E-state index is 12.8. The van der Waals surface area contributed by atoms with Crippen LogP contribution < -0.4 is 15.5 Å². The van der Waals surface area contributed by atoms with Gasteiger partial charge in [-0.1, -0.05) is 22.9 Å². The third kappa shape index (κ3) is 3.59. The highest BCUT2D eigenvalue weighted by Gasteiger charge is 2.21. The van der Waals surface area contributed by atoms with Gasteiger partial charge in [0.1, 0.15) is 4.83 Å². The van der Waals surface area contributed by atoms with Gasteiger partial charge in [-0.25, -0.2) is 4.98 Å². The Morgan fingerprint density at radius 2 is 1.89 bits per heavy atom. The molecule has 0 aliphatic carbocycles. The van der Waals surface area contributed by atoms with E-state index in [0.717, 1.165) is 33.3 Å². The van der Waals surface area contributed by atoms with Gasteiger partial charge >= 0.3 is 0 Å². The molecule has 0 spiro atoms. The van der Waals surface area contributed by atoms with Crippen LogP contribution in [-0.2, 0) is 0 Å². The summed E-state index contributed by atoms with van der Waals surface area (Å²) in [7, 11) is 1.54. The zero-order chi connectivity index (χ0) is 19.8. The van der Waals surface area contributed by atoms with E-state index in [1.54, 1.807) is 30.5 Å². The number of aryl methyl sites for hydroxylation is 1. The molecule has 1 aliphatic heterocycles. The van der Waals surface area contributed by atoms with Crippen molar-refractivity contribution in [1.29, 1.82) is 0 Å². The number of fused-ring (bicyclic) bond motifs is 1. The summed E-state index contributed by atoms with van der Waals surface area (Å²) in [5.41, 5.74) is 1.54. The zero-order valence-electron chi connectivity index (χ0n) is 15.5. The number of hydrogen-bond acceptors (Lipinski definition) is 6. The van der Waals surface area contributed by atoms with Crippen molar-refractivity contribution in [3.63, 3.8) is 0 Å². The Labute approximate surface area is 175 Å². The SMILES string of the molecule is CNC(=O)c1cc(Cl)cc(C)c1NC(=O)c1cc2sc(N3CCCC3)nc2s1. The van der Waals surface area contributed by atoms with E-state index in [9.17, 15) is 9.59 Å². The van der Waals surface area contributed by atoms with E-state index in [1.165, 1.54) is 24.2 Å². The van der Waals surface area contributed by atoms with Crippen LogP contribution >= 0.6 is 34.3 Å². The van der Waals surface area contributed by atoms with Gasteiger partial charge in [-0.2, -0.15) is 0 Å². The van der Waals surface area contributed by atoms with Crippen molar-refractivity contribution in [1.82, 2.24) is 10.3 Å². The molecule has 28 heavy (non-hydrogen) atoms. The molecule has 0 saturated carbocycles. The fourth-order valence-corrected chi connectivity index (χ4v) is 5.71. The largest absolute Gasteiger partial charge is 0.355 e. The number of halogens is 1. The second-order valence-corrected chi connectivity index (χ2v) is 9.13. The predicted molar refractivity (Wildman–Crippen MR) is 116 cm³/mol. The number of thiazole rings is 1. The third-order valence-electron chi connectivity index (χ3n) is 4.69. The van der Waals surface area contributed by atoms with E-state index in [2.05, 4.69) is 15.5 Å². The number of nitrogens with zero attached hydrogens (tertiary/aromatic N) is 2. The summed E-state index contributed by atoms with van der Waals surface area (Å²) in [6.07, 6.45) is 2.41. The maximum Gasteiger partial charge on any atom is 0.265 e. The molecule has 0 radical (unpaired) electrons. The lowest BCUT2D eigenvalue weighted by Gasteiger charge is -2.13. The van der Waals surface area contributed by atoms with Crippen molar-refractivity contribution in [2.24, 2.45) is 0 Å². The molecule has 1 aromatic carbocycles. The Morgan fingerprint density at radius 3 is 2.57 bits per heavy atom. The first-order chi connectivity index (χ1) is 13.5. The number of aromatic nitrogens is 1. The predicted octanol–water partition coefficient (Wildman–Crippen LogP) is 4.53. The molecule has 1 fully saturated rings. The van der Waals surface area contributed by atoms with E-state index < -0.39 is 0 Å². The molecular formula is C19H19ClN4O2S2. The molecule has 2 aromatic heterocycles. The summed E-state index contributed by atoms with van der Waals surface area (Å²) in [5, 5.41) is 6.93. The third-order valence-corrected chi connectivity index (χ3v) is 7.13. The molecule has 6 nitrogen and oxygen atoms in total. The van der Waals surface area contributed by atoms with E-state index >= 15 is 0 Å². The van der Waals surface area contributed by atoms with Crippen molar-refractivity contribution >= 4 is 66.4 Å². The van der Waals surface area contributed by atoms with Crippen LogP contribution in [-0.4, -0.2) is 36.9 Å². The summed E-state index contributed by atoms with van der Waals surface area (Å²) in [6, 6.07) is 5.15. The summed E-state index contributed by atoms with van der Waals surface area (Å²) in [6.45, 7) is 3.91. The topological polar surface area (TPSA) is 74.3 Å². The number of anilines is 2. The number of benzene rings is 1. The first-order valence-electron chi connectivity index (χ1n) is 8.95. The van der Waals surface area contributed by atoms with Crippen molar-refractivity contribution in [2.75, 3.05) is 30.4 Å². The molecule has 0 atom stereocenters. The molecule has 146 valence electrons. The lowest BCUT2D eigenvalue weighted by Crippen LogP contribution is -2.22. The minimum absolute atomic E-state index is 0.256. The Balaban J connectivity index is 1.60. The van der Waals surface area contributed by atoms with Crippen molar-refractivity contribution in [2.45, 2.75) is 19.8 Å². The monoisotopic (exact) mass is 434 g/mol. The molecular weight excluding hydrogens is 416 g/mol. The number of carbonyl (C=O) groups excluding carboxylic acids is 2. The van der Waals surface area contributed by atoms with Gasteiger partial charge in [-0.15, -0.1) is 11.3 Å². The van der Waals surface area contributed by atoms with Gasteiger partial charge in [0, 0.05) is 25.2 Å². The molecule has 9 heteroatoms. The van der Waals surface area contributed by atoms with Crippen LogP contribution in [0.4, 0.5) is 10.8 Å². The van der Waals surface area contributed by atoms with E-state index in [4.69, 9.17) is 16.6 Å². The molecule has 1 aliphatic rings. The van der Waals surface area contributed by atoms with Gasteiger partial charge in [-0.05, 0) is 43.5 Å². The van der Waals surface area contributed by atoms with Gasteiger partial charge in [0.2, 0.25) is 0 Å². The van der Waals surface area contributed by atoms with Gasteiger partial charge in [0.05, 0.1) is 20.8 Å². The zero-order valence-corrected chi connectivity index (χ0v) is 17.9. The molecule has 0 unspecified atom stereocenters. The molecule has 3 aromatic rings. The molecule has 2 amide bonds. The summed E-state index contributed by atoms with van der Waals surface area (Å²) < 4.78 is 1.01. The van der Waals surface area contributed by atoms with E-state index in [-0.39, 0.29) is 11.8 Å². The summed E-state index contributed by atoms with van der Waals surface area (Å²) in [5.74, 6) is -0.557. The first kappa shape index (κ1) is 19.2. The van der Waals surface area contributed by atoms with E-state index in [1.807, 2.05) is 13.0 Å². The molecule has 1 saturated heterocycles. The Hall–Kier alpha value is -2.16. The van der Waals surface area contributed by atoms with Crippen LogP contribution in [0.25, 0.3) is 9.53 Å². The fraction of sp³-hybridized carbons (Fsp3) is 0.316. The Bertz CT molecular complexity index is 1040. The van der Waals surface area contributed by atoms with Gasteiger partial charge in [-0.3, -0.25) is 9.59 Å². The van der Waals surface area contributed by atoms with Crippen LogP contribution in [0.2, 0.25) is 5.02 Å². The number of nitrogens with one attached hydrogen (secondary N) is 2. The average molecular weight is 435 g/mol. The Morgan fingerprint density at radius 1 is 1.14 bits per heavy atom. The maximum absolute atomic E-state index is 12.8. The van der Waals surface area contributed by atoms with Crippen LogP contribution in [0.3, 0.4) is 0 Å². The summed E-state index contributed by atoms with van der Waals surface area (Å²) >= 11 is 9.07. The second kappa shape index (κ2) is 7.69. The van der Waals surface area contributed by atoms with Crippen molar-refractivity contribution in [3.8, 4) is 0 Å². The molecule has 2 N–H and O–H groups in total. The number of amides is 2. The van der Waals surface area contributed by atoms with Crippen molar-refractivity contribution < 1.29 is 9.59 Å². The van der Waals surface area contributed by atoms with Crippen molar-refractivity contribution in [3.05, 3.63) is 39.2 Å². The number of carbonyl (C=O) groups is 2. The fourth-order valence-electron chi connectivity index (χ4n) is 3.28. The van der Waals surface area contributed by atoms with Crippen LogP contribution in [0.5, 0.6) is 0 Å². The van der Waals surface area contributed by atoms with Crippen LogP contribution in [0.15, 0.2) is 18.2 Å². The first-order valence-corrected chi connectivity index (χ1v) is 11.0. The lowest BCUT2D eigenvalue weighted by atomic mass is 10.1. The highest BCUT2D eigenvalue weighted by molar-refractivity contribution is 7.29. The van der Waals surface area contributed by atoms with Gasteiger partial charge < -0.3 is 15.5 Å². The summed E-state index contributed by atoms with van der Waals surface area (Å²) in [4.78, 5) is 33.4. The number of thiophene rings is 1. The smallest absolute Gasteiger partial charge is 0.265 e.